The number of allylic oxidation sites excluding steroid dienone is 2. The van der Waals surface area contributed by atoms with Crippen LogP contribution in [0.25, 0.3) is 0 Å². The van der Waals surface area contributed by atoms with Crippen LogP contribution in [0.1, 0.15) is 26.2 Å². The molecule has 2 heteroatoms. The summed E-state index contributed by atoms with van der Waals surface area (Å²) in [5, 5.41) is 8.68. The van der Waals surface area contributed by atoms with E-state index in [-0.39, 0.29) is 5.92 Å². The average Bonchev–Trinajstić information content (AvgIpc) is 2.37. The summed E-state index contributed by atoms with van der Waals surface area (Å²) in [5.41, 5.74) is 0. The van der Waals surface area contributed by atoms with Crippen molar-refractivity contribution in [1.82, 2.24) is 0 Å². The number of hydrogen-bond acceptors (Lipinski definition) is 1. The summed E-state index contributed by atoms with van der Waals surface area (Å²) in [4.78, 5) is 10.5. The molecule has 2 nitrogen and oxygen atoms in total. The van der Waals surface area contributed by atoms with Gasteiger partial charge in [0.05, 0.1) is 5.92 Å². The highest BCUT2D eigenvalue weighted by molar-refractivity contribution is 5.70. The van der Waals surface area contributed by atoms with Gasteiger partial charge in [0, 0.05) is 0 Å². The molecule has 1 N–H and O–H groups in total. The number of hydrogen-bond donors (Lipinski definition) is 1. The van der Waals surface area contributed by atoms with Gasteiger partial charge in [0.2, 0.25) is 0 Å². The van der Waals surface area contributed by atoms with Crippen LogP contribution in [0.2, 0.25) is 0 Å². The number of carbonyl (C=O) groups is 1. The zero-order chi connectivity index (χ0) is 8.27. The summed E-state index contributed by atoms with van der Waals surface area (Å²) in [6.45, 7) is 1.98. The van der Waals surface area contributed by atoms with E-state index in [0.29, 0.717) is 5.92 Å². The third-order valence-corrected chi connectivity index (χ3v) is 2.29. The van der Waals surface area contributed by atoms with E-state index in [1.54, 1.807) is 0 Å². The van der Waals surface area contributed by atoms with E-state index >= 15 is 0 Å². The van der Waals surface area contributed by atoms with Gasteiger partial charge in [0.1, 0.15) is 0 Å². The molecule has 1 rings (SSSR count). The van der Waals surface area contributed by atoms with Crippen molar-refractivity contribution in [2.45, 2.75) is 26.2 Å². The molecule has 1 aliphatic rings. The van der Waals surface area contributed by atoms with E-state index in [1.165, 1.54) is 0 Å². The van der Waals surface area contributed by atoms with Crippen LogP contribution in [-0.4, -0.2) is 11.1 Å². The molecular weight excluding hydrogens is 140 g/mol. The van der Waals surface area contributed by atoms with Crippen LogP contribution in [0.5, 0.6) is 0 Å². The summed E-state index contributed by atoms with van der Waals surface area (Å²) in [6, 6.07) is 0. The van der Waals surface area contributed by atoms with Gasteiger partial charge in [-0.1, -0.05) is 12.2 Å². The molecule has 1 saturated carbocycles. The highest BCUT2D eigenvalue weighted by Crippen LogP contribution is 2.31. The SMILES string of the molecule is C/C=C/[C@H]1CC[C@@H](C(=O)O)C1. The molecule has 0 aromatic rings. The van der Waals surface area contributed by atoms with Crippen molar-refractivity contribution < 1.29 is 9.90 Å². The molecule has 0 aromatic carbocycles. The maximum absolute atomic E-state index is 10.5. The Bertz CT molecular complexity index is 172. The summed E-state index contributed by atoms with van der Waals surface area (Å²) in [7, 11) is 0. The molecule has 0 spiro atoms. The lowest BCUT2D eigenvalue weighted by atomic mass is 10.1. The van der Waals surface area contributed by atoms with Gasteiger partial charge in [-0.3, -0.25) is 4.79 Å². The monoisotopic (exact) mass is 154 g/mol. The van der Waals surface area contributed by atoms with Crippen LogP contribution >= 0.6 is 0 Å². The van der Waals surface area contributed by atoms with Crippen molar-refractivity contribution in [3.05, 3.63) is 12.2 Å². The summed E-state index contributed by atoms with van der Waals surface area (Å²) in [5.74, 6) is -0.200. The van der Waals surface area contributed by atoms with E-state index in [1.807, 2.05) is 13.0 Å². The highest BCUT2D eigenvalue weighted by atomic mass is 16.4. The maximum atomic E-state index is 10.5. The Hall–Kier alpha value is -0.790. The predicted molar refractivity (Wildman–Crippen MR) is 43.3 cm³/mol. The fourth-order valence-electron chi connectivity index (χ4n) is 1.69. The zero-order valence-corrected chi connectivity index (χ0v) is 6.79. The van der Waals surface area contributed by atoms with Gasteiger partial charge in [-0.2, -0.15) is 0 Å². The van der Waals surface area contributed by atoms with Crippen molar-refractivity contribution in [3.8, 4) is 0 Å². The average molecular weight is 154 g/mol. The topological polar surface area (TPSA) is 37.3 Å². The molecule has 1 aliphatic carbocycles. The van der Waals surface area contributed by atoms with E-state index in [2.05, 4.69) is 6.08 Å². The molecule has 0 aromatic heterocycles. The maximum Gasteiger partial charge on any atom is 0.306 e. The molecule has 11 heavy (non-hydrogen) atoms. The smallest absolute Gasteiger partial charge is 0.306 e. The minimum absolute atomic E-state index is 0.0869. The van der Waals surface area contributed by atoms with Crippen molar-refractivity contribution in [1.29, 1.82) is 0 Å². The molecule has 0 unspecified atom stereocenters. The summed E-state index contributed by atoms with van der Waals surface area (Å²) >= 11 is 0. The normalized spacial score (nSPS) is 31.4. The number of aliphatic carboxylic acids is 1. The number of rotatable bonds is 2. The zero-order valence-electron chi connectivity index (χ0n) is 6.79. The molecular formula is C9H14O2. The van der Waals surface area contributed by atoms with Gasteiger partial charge < -0.3 is 5.11 Å². The van der Waals surface area contributed by atoms with Gasteiger partial charge in [-0.05, 0) is 32.1 Å². The second-order valence-electron chi connectivity index (χ2n) is 3.13. The standard InChI is InChI=1S/C9H14O2/c1-2-3-7-4-5-8(6-7)9(10)11/h2-3,7-8H,4-6H2,1H3,(H,10,11)/b3-2+/t7-,8+/m0/s1. The van der Waals surface area contributed by atoms with Gasteiger partial charge in [-0.15, -0.1) is 0 Å². The lowest BCUT2D eigenvalue weighted by molar-refractivity contribution is -0.141. The first-order chi connectivity index (χ1) is 5.24. The van der Waals surface area contributed by atoms with E-state index < -0.39 is 5.97 Å². The Balaban J connectivity index is 2.40. The first-order valence-corrected chi connectivity index (χ1v) is 4.09. The number of carboxylic acid groups (broad SMARTS) is 1. The van der Waals surface area contributed by atoms with E-state index in [0.717, 1.165) is 19.3 Å². The van der Waals surface area contributed by atoms with Gasteiger partial charge in [0.25, 0.3) is 0 Å². The fraction of sp³-hybridized carbons (Fsp3) is 0.667. The predicted octanol–water partition coefficient (Wildman–Crippen LogP) is 2.06. The molecule has 0 bridgehead atoms. The molecule has 0 aliphatic heterocycles. The van der Waals surface area contributed by atoms with E-state index in [9.17, 15) is 4.79 Å². The molecule has 0 heterocycles. The Labute approximate surface area is 66.9 Å². The second kappa shape index (κ2) is 3.56. The van der Waals surface area contributed by atoms with Crippen molar-refractivity contribution in [2.24, 2.45) is 11.8 Å². The van der Waals surface area contributed by atoms with Crippen LogP contribution < -0.4 is 0 Å². The molecule has 1 fully saturated rings. The van der Waals surface area contributed by atoms with Crippen LogP contribution in [0.3, 0.4) is 0 Å². The Morgan fingerprint density at radius 3 is 2.73 bits per heavy atom. The largest absolute Gasteiger partial charge is 0.481 e. The Morgan fingerprint density at radius 1 is 1.55 bits per heavy atom. The molecule has 2 atom stereocenters. The first-order valence-electron chi connectivity index (χ1n) is 4.09. The highest BCUT2D eigenvalue weighted by Gasteiger charge is 2.27. The van der Waals surface area contributed by atoms with E-state index in [4.69, 9.17) is 5.11 Å². The third kappa shape index (κ3) is 2.07. The van der Waals surface area contributed by atoms with Gasteiger partial charge in [-0.25, -0.2) is 0 Å². The Kier molecular flexibility index (Phi) is 2.69. The third-order valence-electron chi connectivity index (χ3n) is 2.29. The number of carboxylic acids is 1. The van der Waals surface area contributed by atoms with Crippen molar-refractivity contribution >= 4 is 5.97 Å². The second-order valence-corrected chi connectivity index (χ2v) is 3.13. The summed E-state index contributed by atoms with van der Waals surface area (Å²) in [6.07, 6.45) is 6.85. The minimum Gasteiger partial charge on any atom is -0.481 e. The first kappa shape index (κ1) is 8.31. The molecule has 0 amide bonds. The Morgan fingerprint density at radius 2 is 2.27 bits per heavy atom. The fourth-order valence-corrected chi connectivity index (χ4v) is 1.69. The lowest BCUT2D eigenvalue weighted by Crippen LogP contribution is -2.08. The van der Waals surface area contributed by atoms with Crippen molar-refractivity contribution in [3.63, 3.8) is 0 Å². The minimum atomic E-state index is -0.628. The molecule has 0 radical (unpaired) electrons. The van der Waals surface area contributed by atoms with Crippen LogP contribution in [0.15, 0.2) is 12.2 Å². The summed E-state index contributed by atoms with van der Waals surface area (Å²) < 4.78 is 0. The van der Waals surface area contributed by atoms with Gasteiger partial charge >= 0.3 is 5.97 Å². The molecule has 62 valence electrons. The molecule has 0 saturated heterocycles. The van der Waals surface area contributed by atoms with Crippen LogP contribution in [-0.2, 0) is 4.79 Å². The lowest BCUT2D eigenvalue weighted by Gasteiger charge is -2.01. The van der Waals surface area contributed by atoms with Crippen LogP contribution in [0.4, 0.5) is 0 Å². The van der Waals surface area contributed by atoms with Crippen LogP contribution in [0, 0.1) is 11.8 Å². The van der Waals surface area contributed by atoms with Gasteiger partial charge in [0.15, 0.2) is 0 Å². The quantitative estimate of drug-likeness (QED) is 0.618. The van der Waals surface area contributed by atoms with Crippen molar-refractivity contribution in [2.75, 3.05) is 0 Å².